The molecule has 0 aliphatic rings. The minimum atomic E-state index is -1.66. The Bertz CT molecular complexity index is 851. The van der Waals surface area contributed by atoms with E-state index >= 15 is 0 Å². The number of nitrogens with zero attached hydrogens (tertiary/aromatic N) is 1. The largest absolute Gasteiger partial charge is 0.324 e. The van der Waals surface area contributed by atoms with Crippen LogP contribution in [0.4, 0.5) is 24.5 Å². The average molecular weight is 379 g/mol. The first kappa shape index (κ1) is 20.4. The molecule has 2 amide bonds. The Labute approximate surface area is 155 Å². The fraction of sp³-hybridized carbons (Fsp3) is 0.263. The van der Waals surface area contributed by atoms with Gasteiger partial charge in [0, 0.05) is 5.69 Å². The Morgan fingerprint density at radius 2 is 1.44 bits per heavy atom. The highest BCUT2D eigenvalue weighted by Crippen LogP contribution is 2.20. The van der Waals surface area contributed by atoms with Gasteiger partial charge in [0.2, 0.25) is 11.8 Å². The second-order valence-electron chi connectivity index (χ2n) is 6.26. The Morgan fingerprint density at radius 1 is 0.889 bits per heavy atom. The first-order valence-corrected chi connectivity index (χ1v) is 8.17. The van der Waals surface area contributed by atoms with Crippen LogP contribution in [0.3, 0.4) is 0 Å². The topological polar surface area (TPSA) is 61.4 Å². The number of benzene rings is 2. The van der Waals surface area contributed by atoms with Crippen molar-refractivity contribution in [2.45, 2.75) is 13.8 Å². The molecule has 2 aromatic carbocycles. The normalized spacial score (nSPS) is 10.8. The summed E-state index contributed by atoms with van der Waals surface area (Å²) in [7, 11) is 1.53. The molecule has 0 heterocycles. The molecule has 0 aliphatic carbocycles. The number of halogens is 3. The summed E-state index contributed by atoms with van der Waals surface area (Å²) in [6.07, 6.45) is 0. The lowest BCUT2D eigenvalue weighted by Gasteiger charge is -2.17. The van der Waals surface area contributed by atoms with Gasteiger partial charge in [0.15, 0.2) is 17.5 Å². The molecule has 27 heavy (non-hydrogen) atoms. The van der Waals surface area contributed by atoms with Crippen LogP contribution >= 0.6 is 0 Å². The Balaban J connectivity index is 1.91. The lowest BCUT2D eigenvalue weighted by atomic mass is 10.1. The maximum Gasteiger partial charge on any atom is 0.238 e. The molecule has 0 radical (unpaired) electrons. The van der Waals surface area contributed by atoms with Crippen LogP contribution in [0.15, 0.2) is 30.3 Å². The first-order chi connectivity index (χ1) is 12.7. The summed E-state index contributed by atoms with van der Waals surface area (Å²) in [5, 5.41) is 4.95. The third-order valence-electron chi connectivity index (χ3n) is 3.88. The van der Waals surface area contributed by atoms with E-state index in [-0.39, 0.29) is 19.0 Å². The van der Waals surface area contributed by atoms with Gasteiger partial charge in [-0.1, -0.05) is 18.2 Å². The van der Waals surface area contributed by atoms with Crippen LogP contribution in [0.25, 0.3) is 0 Å². The van der Waals surface area contributed by atoms with Crippen molar-refractivity contribution in [3.8, 4) is 0 Å². The van der Waals surface area contributed by atoms with Crippen molar-refractivity contribution in [1.82, 2.24) is 4.90 Å². The zero-order chi connectivity index (χ0) is 20.1. The van der Waals surface area contributed by atoms with Gasteiger partial charge in [-0.3, -0.25) is 14.5 Å². The molecule has 0 aliphatic heterocycles. The van der Waals surface area contributed by atoms with Crippen molar-refractivity contribution in [2.75, 3.05) is 30.8 Å². The van der Waals surface area contributed by atoms with E-state index < -0.39 is 29.0 Å². The van der Waals surface area contributed by atoms with E-state index in [4.69, 9.17) is 0 Å². The summed E-state index contributed by atoms with van der Waals surface area (Å²) in [6.45, 7) is 3.42. The van der Waals surface area contributed by atoms with Crippen molar-refractivity contribution in [3.63, 3.8) is 0 Å². The summed E-state index contributed by atoms with van der Waals surface area (Å²) in [4.78, 5) is 25.5. The summed E-state index contributed by atoms with van der Waals surface area (Å²) in [6, 6.07) is 7.27. The predicted octanol–water partition coefficient (Wildman–Crippen LogP) is 3.23. The maximum absolute atomic E-state index is 13.6. The number of nitrogens with one attached hydrogen (secondary N) is 2. The number of carbonyl (C=O) groups is 2. The van der Waals surface area contributed by atoms with Crippen molar-refractivity contribution >= 4 is 23.2 Å². The molecule has 0 fully saturated rings. The zero-order valence-electron chi connectivity index (χ0n) is 15.2. The highest BCUT2D eigenvalue weighted by molar-refractivity contribution is 5.95. The molecule has 0 atom stereocenters. The SMILES string of the molecule is Cc1cccc(C)c1NC(=O)CN(C)CC(=O)Nc1ccc(F)c(F)c1F. The number of hydrogen-bond donors (Lipinski definition) is 2. The number of anilines is 2. The van der Waals surface area contributed by atoms with Crippen molar-refractivity contribution in [3.05, 3.63) is 58.9 Å². The lowest BCUT2D eigenvalue weighted by Crippen LogP contribution is -2.36. The first-order valence-electron chi connectivity index (χ1n) is 8.17. The molecule has 0 spiro atoms. The van der Waals surface area contributed by atoms with Gasteiger partial charge in [-0.15, -0.1) is 0 Å². The number of hydrogen-bond acceptors (Lipinski definition) is 3. The highest BCUT2D eigenvalue weighted by atomic mass is 19.2. The van der Waals surface area contributed by atoms with E-state index in [2.05, 4.69) is 10.6 Å². The molecule has 144 valence electrons. The molecule has 0 aromatic heterocycles. The van der Waals surface area contributed by atoms with E-state index in [0.717, 1.165) is 23.3 Å². The molecular weight excluding hydrogens is 359 g/mol. The van der Waals surface area contributed by atoms with Gasteiger partial charge in [-0.25, -0.2) is 13.2 Å². The van der Waals surface area contributed by atoms with E-state index in [0.29, 0.717) is 5.69 Å². The van der Waals surface area contributed by atoms with Crippen molar-refractivity contribution in [2.24, 2.45) is 0 Å². The third-order valence-corrected chi connectivity index (χ3v) is 3.88. The predicted molar refractivity (Wildman–Crippen MR) is 97.0 cm³/mol. The molecule has 0 saturated carbocycles. The van der Waals surface area contributed by atoms with Gasteiger partial charge in [-0.2, -0.15) is 0 Å². The lowest BCUT2D eigenvalue weighted by molar-refractivity contribution is -0.119. The number of likely N-dealkylation sites (N-methyl/N-ethyl adjacent to an activating group) is 1. The van der Waals surface area contributed by atoms with Crippen LogP contribution in [0, 0.1) is 31.3 Å². The molecule has 0 saturated heterocycles. The van der Waals surface area contributed by atoms with Gasteiger partial charge < -0.3 is 10.6 Å². The van der Waals surface area contributed by atoms with Crippen LogP contribution in [-0.2, 0) is 9.59 Å². The molecule has 0 bridgehead atoms. The fourth-order valence-corrected chi connectivity index (χ4v) is 2.55. The van der Waals surface area contributed by atoms with Gasteiger partial charge in [0.1, 0.15) is 0 Å². The van der Waals surface area contributed by atoms with E-state index in [9.17, 15) is 22.8 Å². The number of para-hydroxylation sites is 1. The van der Waals surface area contributed by atoms with Crippen LogP contribution in [-0.4, -0.2) is 36.9 Å². The molecule has 8 heteroatoms. The van der Waals surface area contributed by atoms with Crippen LogP contribution < -0.4 is 10.6 Å². The number of aryl methyl sites for hydroxylation is 2. The van der Waals surface area contributed by atoms with Crippen LogP contribution in [0.5, 0.6) is 0 Å². The molecule has 2 aromatic rings. The number of amides is 2. The van der Waals surface area contributed by atoms with Gasteiger partial charge in [-0.05, 0) is 44.2 Å². The highest BCUT2D eigenvalue weighted by Gasteiger charge is 2.17. The molecule has 2 N–H and O–H groups in total. The molecule has 2 rings (SSSR count). The number of rotatable bonds is 6. The summed E-state index contributed by atoms with van der Waals surface area (Å²) >= 11 is 0. The minimum absolute atomic E-state index is 0.0819. The average Bonchev–Trinajstić information content (AvgIpc) is 2.58. The molecule has 0 unspecified atom stereocenters. The molecular formula is C19H20F3N3O2. The van der Waals surface area contributed by atoms with Gasteiger partial charge in [0.25, 0.3) is 0 Å². The van der Waals surface area contributed by atoms with Crippen molar-refractivity contribution in [1.29, 1.82) is 0 Å². The quantitative estimate of drug-likeness (QED) is 0.758. The zero-order valence-corrected chi connectivity index (χ0v) is 15.2. The Kier molecular flexibility index (Phi) is 6.57. The second kappa shape index (κ2) is 8.68. The van der Waals surface area contributed by atoms with Crippen molar-refractivity contribution < 1.29 is 22.8 Å². The van der Waals surface area contributed by atoms with Gasteiger partial charge in [0.05, 0.1) is 18.8 Å². The minimum Gasteiger partial charge on any atom is -0.324 e. The van der Waals surface area contributed by atoms with Gasteiger partial charge >= 0.3 is 0 Å². The van der Waals surface area contributed by atoms with E-state index in [1.165, 1.54) is 11.9 Å². The fourth-order valence-electron chi connectivity index (χ4n) is 2.55. The third kappa shape index (κ3) is 5.30. The van der Waals surface area contributed by atoms with E-state index in [1.54, 1.807) is 0 Å². The summed E-state index contributed by atoms with van der Waals surface area (Å²) in [5.74, 6) is -5.46. The monoisotopic (exact) mass is 379 g/mol. The second-order valence-corrected chi connectivity index (χ2v) is 6.26. The summed E-state index contributed by atoms with van der Waals surface area (Å²) in [5.41, 5.74) is 2.08. The Hall–Kier alpha value is -2.87. The summed E-state index contributed by atoms with van der Waals surface area (Å²) < 4.78 is 39.7. The Morgan fingerprint density at radius 3 is 2.04 bits per heavy atom. The molecule has 5 nitrogen and oxygen atoms in total. The maximum atomic E-state index is 13.6. The number of carbonyl (C=O) groups excluding carboxylic acids is 2. The van der Waals surface area contributed by atoms with E-state index in [1.807, 2.05) is 32.0 Å². The smallest absolute Gasteiger partial charge is 0.238 e. The standard InChI is InChI=1S/C19H20F3N3O2/c1-11-5-4-6-12(2)19(11)24-16(27)10-25(3)9-15(26)23-14-8-7-13(20)17(21)18(14)22/h4-8H,9-10H2,1-3H3,(H,23,26)(H,24,27). The van der Waals surface area contributed by atoms with Crippen LogP contribution in [0.2, 0.25) is 0 Å². The van der Waals surface area contributed by atoms with Crippen LogP contribution in [0.1, 0.15) is 11.1 Å².